The Hall–Kier alpha value is -3.41. The zero-order valence-electron chi connectivity index (χ0n) is 16.8. The van der Waals surface area contributed by atoms with Crippen LogP contribution in [0.4, 0.5) is 0 Å². The van der Waals surface area contributed by atoms with Crippen molar-refractivity contribution in [3.8, 4) is 0 Å². The molecule has 0 saturated heterocycles. The van der Waals surface area contributed by atoms with E-state index in [0.29, 0.717) is 11.0 Å². The van der Waals surface area contributed by atoms with Crippen molar-refractivity contribution in [3.63, 3.8) is 0 Å². The molecular weight excluding hydrogens is 382 g/mol. The van der Waals surface area contributed by atoms with Crippen LogP contribution in [-0.4, -0.2) is 18.5 Å². The third-order valence-electron chi connectivity index (χ3n) is 5.45. The number of hydrogen-bond donors (Lipinski definition) is 1. The number of hydrogen-bond acceptors (Lipinski definition) is 5. The van der Waals surface area contributed by atoms with E-state index in [0.717, 1.165) is 18.4 Å². The molecule has 1 aliphatic rings. The Bertz CT molecular complexity index is 1160. The molecule has 0 unspecified atom stereocenters. The summed E-state index contributed by atoms with van der Waals surface area (Å²) in [6.45, 7) is 1.42. The highest BCUT2D eigenvalue weighted by Crippen LogP contribution is 2.24. The van der Waals surface area contributed by atoms with Crippen LogP contribution in [0.2, 0.25) is 0 Å². The van der Waals surface area contributed by atoms with E-state index in [4.69, 9.17) is 9.15 Å². The van der Waals surface area contributed by atoms with Crippen LogP contribution in [0.15, 0.2) is 57.7 Å². The normalized spacial score (nSPS) is 14.0. The van der Waals surface area contributed by atoms with Crippen LogP contribution in [0.1, 0.15) is 52.9 Å². The van der Waals surface area contributed by atoms with Gasteiger partial charge in [0.15, 0.2) is 6.61 Å². The molecular formula is C24H23NO5. The van der Waals surface area contributed by atoms with E-state index in [-0.39, 0.29) is 11.6 Å². The van der Waals surface area contributed by atoms with Crippen LogP contribution in [0, 0.1) is 0 Å². The second-order valence-corrected chi connectivity index (χ2v) is 7.59. The number of carbonyl (C=O) groups excluding carboxylic acids is 2. The number of esters is 1. The summed E-state index contributed by atoms with van der Waals surface area (Å²) in [5.41, 5.74) is 3.10. The summed E-state index contributed by atoms with van der Waals surface area (Å²) in [4.78, 5) is 36.6. The number of carbonyl (C=O) groups is 2. The zero-order chi connectivity index (χ0) is 21.1. The molecule has 3 aromatic rings. The molecule has 2 aromatic carbocycles. The molecule has 154 valence electrons. The van der Waals surface area contributed by atoms with Gasteiger partial charge in [0.1, 0.15) is 11.1 Å². The Kier molecular flexibility index (Phi) is 5.65. The van der Waals surface area contributed by atoms with Crippen molar-refractivity contribution in [2.24, 2.45) is 0 Å². The molecule has 1 atom stereocenters. The lowest BCUT2D eigenvalue weighted by Gasteiger charge is -2.20. The SMILES string of the molecule is C[C@H](NC(=O)COC(=O)c1cc2ccccc2oc1=O)c1ccc2c(c1)CCCC2. The second-order valence-electron chi connectivity index (χ2n) is 7.59. The lowest BCUT2D eigenvalue weighted by Crippen LogP contribution is -2.31. The van der Waals surface area contributed by atoms with Gasteiger partial charge in [-0.15, -0.1) is 0 Å². The third kappa shape index (κ3) is 4.27. The van der Waals surface area contributed by atoms with Gasteiger partial charge < -0.3 is 14.5 Å². The van der Waals surface area contributed by atoms with E-state index < -0.39 is 24.1 Å². The highest BCUT2D eigenvalue weighted by molar-refractivity contribution is 5.94. The fourth-order valence-electron chi connectivity index (χ4n) is 3.80. The van der Waals surface area contributed by atoms with Crippen molar-refractivity contribution < 1.29 is 18.7 Å². The quantitative estimate of drug-likeness (QED) is 0.517. The maximum Gasteiger partial charge on any atom is 0.351 e. The smallest absolute Gasteiger partial charge is 0.351 e. The largest absolute Gasteiger partial charge is 0.452 e. The predicted molar refractivity (Wildman–Crippen MR) is 112 cm³/mol. The van der Waals surface area contributed by atoms with Crippen molar-refractivity contribution in [2.45, 2.75) is 38.6 Å². The molecule has 1 N–H and O–H groups in total. The van der Waals surface area contributed by atoms with Crippen molar-refractivity contribution in [2.75, 3.05) is 6.61 Å². The number of aryl methyl sites for hydroxylation is 2. The average molecular weight is 405 g/mol. The number of fused-ring (bicyclic) bond motifs is 2. The maximum atomic E-state index is 12.3. The van der Waals surface area contributed by atoms with Gasteiger partial charge in [0, 0.05) is 5.39 Å². The summed E-state index contributed by atoms with van der Waals surface area (Å²) in [5, 5.41) is 3.44. The first-order chi connectivity index (χ1) is 14.5. The number of nitrogens with one attached hydrogen (secondary N) is 1. The van der Waals surface area contributed by atoms with Crippen LogP contribution in [0.25, 0.3) is 11.0 Å². The summed E-state index contributed by atoms with van der Waals surface area (Å²) in [6.07, 6.45) is 4.58. The first kappa shape index (κ1) is 19.9. The summed E-state index contributed by atoms with van der Waals surface area (Å²) < 4.78 is 10.2. The summed E-state index contributed by atoms with van der Waals surface area (Å²) >= 11 is 0. The topological polar surface area (TPSA) is 85.6 Å². The Morgan fingerprint density at radius 2 is 1.83 bits per heavy atom. The summed E-state index contributed by atoms with van der Waals surface area (Å²) in [6, 6.07) is 14.4. The van der Waals surface area contributed by atoms with Gasteiger partial charge in [-0.05, 0) is 61.4 Å². The highest BCUT2D eigenvalue weighted by Gasteiger charge is 2.18. The van der Waals surface area contributed by atoms with E-state index in [9.17, 15) is 14.4 Å². The number of benzene rings is 2. The lowest BCUT2D eigenvalue weighted by atomic mass is 9.89. The number of rotatable bonds is 5. The molecule has 0 fully saturated rings. The van der Waals surface area contributed by atoms with E-state index in [2.05, 4.69) is 17.4 Å². The van der Waals surface area contributed by atoms with Gasteiger partial charge in [-0.3, -0.25) is 4.79 Å². The zero-order valence-corrected chi connectivity index (χ0v) is 16.8. The molecule has 4 rings (SSSR count). The molecule has 1 aliphatic carbocycles. The molecule has 1 amide bonds. The summed E-state index contributed by atoms with van der Waals surface area (Å²) in [7, 11) is 0. The monoisotopic (exact) mass is 405 g/mol. The second kappa shape index (κ2) is 8.53. The van der Waals surface area contributed by atoms with E-state index in [1.165, 1.54) is 30.0 Å². The Labute approximate surface area is 173 Å². The van der Waals surface area contributed by atoms with E-state index in [1.807, 2.05) is 13.0 Å². The van der Waals surface area contributed by atoms with Crippen LogP contribution < -0.4 is 10.9 Å². The lowest BCUT2D eigenvalue weighted by molar-refractivity contribution is -0.124. The average Bonchev–Trinajstić information content (AvgIpc) is 2.76. The molecule has 0 radical (unpaired) electrons. The van der Waals surface area contributed by atoms with Crippen LogP contribution in [-0.2, 0) is 22.4 Å². The minimum absolute atomic E-state index is 0.214. The number of para-hydroxylation sites is 1. The fraction of sp³-hybridized carbons (Fsp3) is 0.292. The molecule has 0 bridgehead atoms. The minimum Gasteiger partial charge on any atom is -0.452 e. The van der Waals surface area contributed by atoms with Gasteiger partial charge in [-0.25, -0.2) is 9.59 Å². The van der Waals surface area contributed by atoms with Crippen LogP contribution >= 0.6 is 0 Å². The van der Waals surface area contributed by atoms with Crippen LogP contribution in [0.3, 0.4) is 0 Å². The minimum atomic E-state index is -0.883. The molecule has 1 aromatic heterocycles. The molecule has 0 spiro atoms. The fourth-order valence-corrected chi connectivity index (χ4v) is 3.80. The van der Waals surface area contributed by atoms with Crippen molar-refractivity contribution in [1.29, 1.82) is 0 Å². The Morgan fingerprint density at radius 1 is 1.07 bits per heavy atom. The molecule has 30 heavy (non-hydrogen) atoms. The number of ether oxygens (including phenoxy) is 1. The van der Waals surface area contributed by atoms with Gasteiger partial charge in [-0.2, -0.15) is 0 Å². The van der Waals surface area contributed by atoms with Gasteiger partial charge in [0.25, 0.3) is 5.91 Å². The van der Waals surface area contributed by atoms with E-state index in [1.54, 1.807) is 24.3 Å². The Balaban J connectivity index is 1.37. The van der Waals surface area contributed by atoms with Gasteiger partial charge in [-0.1, -0.05) is 36.4 Å². The van der Waals surface area contributed by atoms with Gasteiger partial charge in [0.05, 0.1) is 6.04 Å². The predicted octanol–water partition coefficient (Wildman–Crippen LogP) is 3.71. The number of amides is 1. The standard InChI is InChI=1S/C24H23NO5/c1-15(17-11-10-16-6-2-3-7-18(16)12-17)25-22(26)14-29-23(27)20-13-19-8-4-5-9-21(19)30-24(20)28/h4-5,8-13,15H,2-3,6-7,14H2,1H3,(H,25,26)/t15-/m0/s1. The van der Waals surface area contributed by atoms with Gasteiger partial charge in [0.2, 0.25) is 0 Å². The molecule has 1 heterocycles. The molecule has 6 heteroatoms. The van der Waals surface area contributed by atoms with Crippen molar-refractivity contribution >= 4 is 22.8 Å². The van der Waals surface area contributed by atoms with Crippen molar-refractivity contribution in [3.05, 3.63) is 81.2 Å². The molecule has 6 nitrogen and oxygen atoms in total. The van der Waals surface area contributed by atoms with E-state index >= 15 is 0 Å². The Morgan fingerprint density at radius 3 is 2.67 bits per heavy atom. The van der Waals surface area contributed by atoms with Gasteiger partial charge >= 0.3 is 11.6 Å². The van der Waals surface area contributed by atoms with Crippen LogP contribution in [0.5, 0.6) is 0 Å². The first-order valence-corrected chi connectivity index (χ1v) is 10.1. The first-order valence-electron chi connectivity index (χ1n) is 10.1. The third-order valence-corrected chi connectivity index (χ3v) is 5.45. The molecule has 0 aliphatic heterocycles. The van der Waals surface area contributed by atoms with Crippen molar-refractivity contribution in [1.82, 2.24) is 5.32 Å². The maximum absolute atomic E-state index is 12.3. The molecule has 0 saturated carbocycles. The highest BCUT2D eigenvalue weighted by atomic mass is 16.5. The summed E-state index contributed by atoms with van der Waals surface area (Å²) in [5.74, 6) is -1.31.